The smallest absolute Gasteiger partial charge is 0.255 e. The van der Waals surface area contributed by atoms with E-state index in [1.165, 1.54) is 29.3 Å². The summed E-state index contributed by atoms with van der Waals surface area (Å²) in [5, 5.41) is 2.90. The zero-order chi connectivity index (χ0) is 20.9. The van der Waals surface area contributed by atoms with E-state index in [4.69, 9.17) is 0 Å². The largest absolute Gasteiger partial charge is 0.372 e. The molecular weight excluding hydrogens is 386 g/mol. The number of carbonyl (C=O) groups is 1. The Hall–Kier alpha value is -2.54. The predicted octanol–water partition coefficient (Wildman–Crippen LogP) is 4.11. The third kappa shape index (κ3) is 5.09. The van der Waals surface area contributed by atoms with Crippen LogP contribution in [0, 0.1) is 0 Å². The number of benzene rings is 2. The lowest BCUT2D eigenvalue weighted by molar-refractivity contribution is 0.102. The Morgan fingerprint density at radius 2 is 1.59 bits per heavy atom. The highest BCUT2D eigenvalue weighted by Crippen LogP contribution is 2.23. The van der Waals surface area contributed by atoms with Crippen molar-refractivity contribution in [2.75, 3.05) is 39.9 Å². The highest BCUT2D eigenvalue weighted by atomic mass is 32.2. The Morgan fingerprint density at radius 1 is 0.966 bits per heavy atom. The van der Waals surface area contributed by atoms with Gasteiger partial charge in [0, 0.05) is 36.6 Å². The van der Waals surface area contributed by atoms with Gasteiger partial charge in [0.1, 0.15) is 0 Å². The van der Waals surface area contributed by atoms with Crippen LogP contribution in [0.2, 0.25) is 0 Å². The van der Waals surface area contributed by atoms with Crippen LogP contribution in [0.15, 0.2) is 48.5 Å². The Kier molecular flexibility index (Phi) is 6.79. The molecular formula is C22H29N3O3S. The maximum absolute atomic E-state index is 12.6. The van der Waals surface area contributed by atoms with Crippen molar-refractivity contribution in [3.8, 4) is 0 Å². The van der Waals surface area contributed by atoms with Crippen molar-refractivity contribution in [3.63, 3.8) is 0 Å². The molecule has 7 heteroatoms. The van der Waals surface area contributed by atoms with Crippen molar-refractivity contribution in [2.45, 2.75) is 33.1 Å². The number of carbonyl (C=O) groups excluding carboxylic acids is 1. The fourth-order valence-corrected chi connectivity index (χ4v) is 4.73. The first-order valence-corrected chi connectivity index (χ1v) is 11.8. The summed E-state index contributed by atoms with van der Waals surface area (Å²) >= 11 is 0. The molecule has 0 aromatic heterocycles. The summed E-state index contributed by atoms with van der Waals surface area (Å²) in [6.07, 6.45) is 3.75. The molecule has 0 spiro atoms. The van der Waals surface area contributed by atoms with Gasteiger partial charge in [0.15, 0.2) is 0 Å². The van der Waals surface area contributed by atoms with Gasteiger partial charge in [0.25, 0.3) is 5.91 Å². The summed E-state index contributed by atoms with van der Waals surface area (Å²) in [6, 6.07) is 14.6. The van der Waals surface area contributed by atoms with Crippen molar-refractivity contribution in [3.05, 3.63) is 54.1 Å². The van der Waals surface area contributed by atoms with Crippen LogP contribution in [0.1, 0.15) is 43.5 Å². The summed E-state index contributed by atoms with van der Waals surface area (Å²) in [7, 11) is -3.33. The number of anilines is 3. The van der Waals surface area contributed by atoms with Gasteiger partial charge in [-0.2, -0.15) is 0 Å². The molecule has 0 atom stereocenters. The van der Waals surface area contributed by atoms with Gasteiger partial charge in [-0.05, 0) is 81.6 Å². The molecule has 2 aromatic carbocycles. The second-order valence-corrected chi connectivity index (χ2v) is 9.34. The molecule has 3 rings (SSSR count). The molecule has 0 saturated carbocycles. The molecule has 1 aliphatic heterocycles. The average molecular weight is 416 g/mol. The third-order valence-corrected chi connectivity index (χ3v) is 7.12. The van der Waals surface area contributed by atoms with E-state index in [-0.39, 0.29) is 11.7 Å². The van der Waals surface area contributed by atoms with E-state index in [1.807, 2.05) is 24.3 Å². The van der Waals surface area contributed by atoms with Gasteiger partial charge in [-0.25, -0.2) is 8.42 Å². The van der Waals surface area contributed by atoms with E-state index in [1.54, 1.807) is 38.1 Å². The summed E-state index contributed by atoms with van der Waals surface area (Å²) in [5.74, 6) is -0.181. The molecule has 0 aliphatic carbocycles. The summed E-state index contributed by atoms with van der Waals surface area (Å²) in [5.41, 5.74) is 2.98. The molecule has 6 nitrogen and oxygen atoms in total. The topological polar surface area (TPSA) is 69.7 Å². The van der Waals surface area contributed by atoms with E-state index in [9.17, 15) is 13.2 Å². The first-order valence-electron chi connectivity index (χ1n) is 10.2. The summed E-state index contributed by atoms with van der Waals surface area (Å²) < 4.78 is 25.7. The van der Waals surface area contributed by atoms with Gasteiger partial charge in [0.05, 0.1) is 11.4 Å². The van der Waals surface area contributed by atoms with E-state index >= 15 is 0 Å². The van der Waals surface area contributed by atoms with Crippen LogP contribution < -0.4 is 14.5 Å². The van der Waals surface area contributed by atoms with Gasteiger partial charge in [-0.1, -0.05) is 0 Å². The molecule has 1 saturated heterocycles. The van der Waals surface area contributed by atoms with Crippen molar-refractivity contribution >= 4 is 33.0 Å². The minimum absolute atomic E-state index is 0.0382. The van der Waals surface area contributed by atoms with Gasteiger partial charge in [0.2, 0.25) is 10.0 Å². The SMILES string of the molecule is CCN(c1ccc(C(=O)Nc2ccc(N3CCCCC3)cc2)cc1)S(=O)(=O)CC. The van der Waals surface area contributed by atoms with Crippen molar-refractivity contribution in [1.29, 1.82) is 0 Å². The second kappa shape index (κ2) is 9.31. The minimum Gasteiger partial charge on any atom is -0.372 e. The highest BCUT2D eigenvalue weighted by Gasteiger charge is 2.19. The van der Waals surface area contributed by atoms with E-state index in [0.29, 0.717) is 17.8 Å². The van der Waals surface area contributed by atoms with Gasteiger partial charge >= 0.3 is 0 Å². The zero-order valence-corrected chi connectivity index (χ0v) is 17.9. The van der Waals surface area contributed by atoms with E-state index in [0.717, 1.165) is 18.8 Å². The molecule has 0 radical (unpaired) electrons. The Balaban J connectivity index is 1.66. The molecule has 0 bridgehead atoms. The molecule has 156 valence electrons. The zero-order valence-electron chi connectivity index (χ0n) is 17.1. The standard InChI is InChI=1S/C22H29N3O3S/c1-3-25(29(27,28)4-2)21-12-8-18(9-13-21)22(26)23-19-10-14-20(15-11-19)24-16-6-5-7-17-24/h8-15H,3-7,16-17H2,1-2H3,(H,23,26). The first-order chi connectivity index (χ1) is 13.9. The summed E-state index contributed by atoms with van der Waals surface area (Å²) in [4.78, 5) is 14.9. The fraction of sp³-hybridized carbons (Fsp3) is 0.409. The average Bonchev–Trinajstić information content (AvgIpc) is 2.75. The van der Waals surface area contributed by atoms with Crippen molar-refractivity contribution in [1.82, 2.24) is 0 Å². The number of piperidine rings is 1. The molecule has 0 unspecified atom stereocenters. The lowest BCUT2D eigenvalue weighted by Crippen LogP contribution is -2.32. The Bertz CT molecular complexity index is 919. The van der Waals surface area contributed by atoms with E-state index in [2.05, 4.69) is 10.2 Å². The number of nitrogens with one attached hydrogen (secondary N) is 1. The molecule has 2 aromatic rings. The monoisotopic (exact) mass is 415 g/mol. The van der Waals surface area contributed by atoms with Crippen LogP contribution in [0.5, 0.6) is 0 Å². The fourth-order valence-electron chi connectivity index (χ4n) is 3.59. The van der Waals surface area contributed by atoms with Crippen molar-refractivity contribution in [2.24, 2.45) is 0 Å². The first kappa shape index (κ1) is 21.2. The Labute approximate surface area is 173 Å². The van der Waals surface area contributed by atoms with Crippen LogP contribution in [-0.2, 0) is 10.0 Å². The minimum atomic E-state index is -3.33. The van der Waals surface area contributed by atoms with Crippen LogP contribution in [0.3, 0.4) is 0 Å². The molecule has 1 heterocycles. The summed E-state index contributed by atoms with van der Waals surface area (Å²) in [6.45, 7) is 5.93. The number of hydrogen-bond acceptors (Lipinski definition) is 4. The quantitative estimate of drug-likeness (QED) is 0.739. The van der Waals surface area contributed by atoms with Crippen molar-refractivity contribution < 1.29 is 13.2 Å². The normalized spacial score (nSPS) is 14.5. The lowest BCUT2D eigenvalue weighted by Gasteiger charge is -2.28. The highest BCUT2D eigenvalue weighted by molar-refractivity contribution is 7.92. The number of sulfonamides is 1. The van der Waals surface area contributed by atoms with Gasteiger partial charge in [-0.3, -0.25) is 9.10 Å². The number of rotatable bonds is 7. The number of hydrogen-bond donors (Lipinski definition) is 1. The molecule has 1 fully saturated rings. The van der Waals surface area contributed by atoms with Gasteiger partial charge < -0.3 is 10.2 Å². The maximum Gasteiger partial charge on any atom is 0.255 e. The van der Waals surface area contributed by atoms with Gasteiger partial charge in [-0.15, -0.1) is 0 Å². The molecule has 29 heavy (non-hydrogen) atoms. The second-order valence-electron chi connectivity index (χ2n) is 7.16. The van der Waals surface area contributed by atoms with E-state index < -0.39 is 10.0 Å². The predicted molar refractivity (Wildman–Crippen MR) is 119 cm³/mol. The third-order valence-electron chi connectivity index (χ3n) is 5.25. The number of nitrogens with zero attached hydrogens (tertiary/aromatic N) is 2. The lowest BCUT2D eigenvalue weighted by atomic mass is 10.1. The van der Waals surface area contributed by atoms with Crippen LogP contribution in [-0.4, -0.2) is 39.7 Å². The molecule has 1 aliphatic rings. The Morgan fingerprint density at radius 3 is 2.14 bits per heavy atom. The van der Waals surface area contributed by atoms with Crippen LogP contribution in [0.25, 0.3) is 0 Å². The van der Waals surface area contributed by atoms with Crippen LogP contribution >= 0.6 is 0 Å². The molecule has 1 N–H and O–H groups in total. The number of amides is 1. The maximum atomic E-state index is 12.6. The molecule has 1 amide bonds. The van der Waals surface area contributed by atoms with Crippen LogP contribution in [0.4, 0.5) is 17.1 Å².